The average Bonchev–Trinajstić information content (AvgIpc) is 2.47. The smallest absolute Gasteiger partial charge is 0.265 e. The number of hydrogen-bond donors (Lipinski definition) is 3. The molecule has 114 valence electrons. The Balaban J connectivity index is 1.97. The highest BCUT2D eigenvalue weighted by Crippen LogP contribution is 2.29. The molecule has 1 aliphatic carbocycles. The number of anilines is 1. The second-order valence-corrected chi connectivity index (χ2v) is 6.22. The predicted octanol–water partition coefficient (Wildman–Crippen LogP) is 2.97. The van der Waals surface area contributed by atoms with Crippen LogP contribution in [0, 0.1) is 0 Å². The monoisotopic (exact) mass is 362 g/mol. The van der Waals surface area contributed by atoms with Crippen molar-refractivity contribution in [2.45, 2.75) is 25.7 Å². The van der Waals surface area contributed by atoms with Crippen LogP contribution in [0.4, 0.5) is 5.69 Å². The van der Waals surface area contributed by atoms with Gasteiger partial charge in [0.2, 0.25) is 0 Å². The lowest BCUT2D eigenvalue weighted by atomic mass is 9.93. The molecule has 1 amide bonds. The van der Waals surface area contributed by atoms with Crippen LogP contribution in [0.1, 0.15) is 34.5 Å². The summed E-state index contributed by atoms with van der Waals surface area (Å²) in [6, 6.07) is 7.04. The number of carbonyl (C=O) groups excluding carboxylic acids is 1. The first-order chi connectivity index (χ1) is 10.6. The first kappa shape index (κ1) is 14.8. The van der Waals surface area contributed by atoms with Crippen LogP contribution in [0.3, 0.4) is 0 Å². The van der Waals surface area contributed by atoms with E-state index in [-0.39, 0.29) is 11.3 Å². The highest BCUT2D eigenvalue weighted by atomic mass is 79.9. The summed E-state index contributed by atoms with van der Waals surface area (Å²) in [5.41, 5.74) is 1.21. The Morgan fingerprint density at radius 1 is 1.27 bits per heavy atom. The van der Waals surface area contributed by atoms with Gasteiger partial charge in [0.05, 0.1) is 0 Å². The Hall–Kier alpha value is -2.08. The van der Waals surface area contributed by atoms with Crippen LogP contribution in [0.15, 0.2) is 33.5 Å². The molecule has 2 aromatic rings. The number of carbonyl (C=O) groups is 1. The first-order valence-electron chi connectivity index (χ1n) is 7.10. The first-order valence-corrected chi connectivity index (χ1v) is 7.89. The molecule has 0 spiro atoms. The van der Waals surface area contributed by atoms with Crippen molar-refractivity contribution in [1.29, 1.82) is 0 Å². The Kier molecular flexibility index (Phi) is 4.02. The Labute approximate surface area is 135 Å². The van der Waals surface area contributed by atoms with Crippen molar-refractivity contribution in [2.75, 3.05) is 5.32 Å². The summed E-state index contributed by atoms with van der Waals surface area (Å²) < 4.78 is 0.814. The minimum absolute atomic E-state index is 0.189. The number of pyridine rings is 1. The molecular formula is C16H15BrN2O3. The molecule has 0 aliphatic heterocycles. The van der Waals surface area contributed by atoms with Crippen LogP contribution in [-0.2, 0) is 12.8 Å². The molecule has 1 aromatic heterocycles. The molecule has 0 atom stereocenters. The normalized spacial score (nSPS) is 13.5. The van der Waals surface area contributed by atoms with Gasteiger partial charge in [0.1, 0.15) is 11.3 Å². The van der Waals surface area contributed by atoms with E-state index in [1.165, 1.54) is 0 Å². The highest BCUT2D eigenvalue weighted by molar-refractivity contribution is 9.10. The molecule has 1 aliphatic rings. The maximum atomic E-state index is 12.3. The van der Waals surface area contributed by atoms with Gasteiger partial charge in [-0.25, -0.2) is 0 Å². The molecule has 0 bridgehead atoms. The highest BCUT2D eigenvalue weighted by Gasteiger charge is 2.23. The number of benzene rings is 1. The molecule has 0 fully saturated rings. The van der Waals surface area contributed by atoms with Crippen molar-refractivity contribution >= 4 is 27.5 Å². The van der Waals surface area contributed by atoms with Crippen molar-refractivity contribution < 1.29 is 9.90 Å². The second-order valence-electron chi connectivity index (χ2n) is 5.31. The summed E-state index contributed by atoms with van der Waals surface area (Å²) in [6.07, 6.45) is 3.33. The van der Waals surface area contributed by atoms with E-state index in [1.807, 2.05) is 6.07 Å². The third-order valence-electron chi connectivity index (χ3n) is 3.79. The Morgan fingerprint density at radius 3 is 2.82 bits per heavy atom. The van der Waals surface area contributed by atoms with Gasteiger partial charge in [-0.3, -0.25) is 9.59 Å². The fraction of sp³-hybridized carbons (Fsp3) is 0.250. The predicted molar refractivity (Wildman–Crippen MR) is 87.5 cm³/mol. The van der Waals surface area contributed by atoms with Gasteiger partial charge < -0.3 is 15.4 Å². The zero-order valence-electron chi connectivity index (χ0n) is 11.8. The molecule has 1 aromatic carbocycles. The van der Waals surface area contributed by atoms with E-state index < -0.39 is 11.5 Å². The molecule has 5 nitrogen and oxygen atoms in total. The number of nitrogens with one attached hydrogen (secondary N) is 2. The van der Waals surface area contributed by atoms with Crippen LogP contribution < -0.4 is 10.9 Å². The number of aromatic nitrogens is 1. The van der Waals surface area contributed by atoms with Gasteiger partial charge in [-0.15, -0.1) is 0 Å². The van der Waals surface area contributed by atoms with Gasteiger partial charge in [0.15, 0.2) is 0 Å². The van der Waals surface area contributed by atoms with Crippen molar-refractivity contribution in [3.63, 3.8) is 0 Å². The van der Waals surface area contributed by atoms with Crippen molar-refractivity contribution in [2.24, 2.45) is 0 Å². The van der Waals surface area contributed by atoms with Crippen molar-refractivity contribution in [3.05, 3.63) is 55.9 Å². The number of halogens is 1. The number of fused-ring (bicyclic) bond motifs is 1. The third kappa shape index (κ3) is 2.78. The molecule has 1 heterocycles. The molecule has 0 unspecified atom stereocenters. The summed E-state index contributed by atoms with van der Waals surface area (Å²) in [6.45, 7) is 0. The quantitative estimate of drug-likeness (QED) is 0.767. The zero-order valence-corrected chi connectivity index (χ0v) is 13.4. The van der Waals surface area contributed by atoms with E-state index in [0.717, 1.165) is 29.4 Å². The number of rotatable bonds is 2. The van der Waals surface area contributed by atoms with E-state index in [4.69, 9.17) is 0 Å². The van der Waals surface area contributed by atoms with Crippen LogP contribution in [0.5, 0.6) is 5.75 Å². The summed E-state index contributed by atoms with van der Waals surface area (Å²) in [5.74, 6) is -0.795. The Bertz CT molecular complexity index is 798. The lowest BCUT2D eigenvalue weighted by molar-refractivity contribution is 0.102. The van der Waals surface area contributed by atoms with Crippen molar-refractivity contribution in [3.8, 4) is 5.75 Å². The van der Waals surface area contributed by atoms with E-state index in [2.05, 4.69) is 26.2 Å². The lowest BCUT2D eigenvalue weighted by Crippen LogP contribution is -2.26. The zero-order chi connectivity index (χ0) is 15.7. The minimum atomic E-state index is -0.606. The van der Waals surface area contributed by atoms with Gasteiger partial charge in [-0.2, -0.15) is 0 Å². The number of aromatic amines is 1. The van der Waals surface area contributed by atoms with E-state index >= 15 is 0 Å². The molecule has 0 saturated carbocycles. The van der Waals surface area contributed by atoms with Gasteiger partial charge in [-0.1, -0.05) is 22.0 Å². The maximum absolute atomic E-state index is 12.3. The van der Waals surface area contributed by atoms with Crippen LogP contribution in [-0.4, -0.2) is 16.0 Å². The standard InChI is InChI=1S/C16H15BrN2O3/c17-9-4-3-5-10(8-9)18-15(21)13-14(20)11-6-1-2-7-12(11)19-16(13)22/h3-5,8H,1-2,6-7H2,(H,18,21)(H2,19,20,22). The molecule has 6 heteroatoms. The number of aryl methyl sites for hydroxylation is 1. The van der Waals surface area contributed by atoms with Crippen LogP contribution >= 0.6 is 15.9 Å². The SMILES string of the molecule is O=C(Nc1cccc(Br)c1)c1c(O)c2c([nH]c1=O)CCCC2. The largest absolute Gasteiger partial charge is 0.507 e. The van der Waals surface area contributed by atoms with Gasteiger partial charge >= 0.3 is 0 Å². The number of hydrogen-bond acceptors (Lipinski definition) is 3. The molecule has 3 rings (SSSR count). The molecule has 0 saturated heterocycles. The maximum Gasteiger partial charge on any atom is 0.265 e. The topological polar surface area (TPSA) is 82.2 Å². The van der Waals surface area contributed by atoms with Gasteiger partial charge in [0.25, 0.3) is 11.5 Å². The van der Waals surface area contributed by atoms with Crippen LogP contribution in [0.2, 0.25) is 0 Å². The Morgan fingerprint density at radius 2 is 2.05 bits per heavy atom. The summed E-state index contributed by atoms with van der Waals surface area (Å²) in [7, 11) is 0. The molecular weight excluding hydrogens is 348 g/mol. The van der Waals surface area contributed by atoms with Crippen LogP contribution in [0.25, 0.3) is 0 Å². The minimum Gasteiger partial charge on any atom is -0.507 e. The molecule has 22 heavy (non-hydrogen) atoms. The average molecular weight is 363 g/mol. The molecule has 0 radical (unpaired) electrons. The van der Waals surface area contributed by atoms with Gasteiger partial charge in [-0.05, 0) is 43.9 Å². The van der Waals surface area contributed by atoms with E-state index in [9.17, 15) is 14.7 Å². The fourth-order valence-electron chi connectivity index (χ4n) is 2.73. The number of aromatic hydroxyl groups is 1. The van der Waals surface area contributed by atoms with Crippen molar-refractivity contribution in [1.82, 2.24) is 4.98 Å². The fourth-order valence-corrected chi connectivity index (χ4v) is 3.13. The van der Waals surface area contributed by atoms with E-state index in [1.54, 1.807) is 18.2 Å². The summed E-state index contributed by atoms with van der Waals surface area (Å²) >= 11 is 3.32. The number of amides is 1. The van der Waals surface area contributed by atoms with E-state index in [0.29, 0.717) is 17.7 Å². The van der Waals surface area contributed by atoms with Gasteiger partial charge in [0, 0.05) is 21.4 Å². The summed E-state index contributed by atoms with van der Waals surface area (Å²) in [5, 5.41) is 13.0. The molecule has 3 N–H and O–H groups in total. The lowest BCUT2D eigenvalue weighted by Gasteiger charge is -2.18. The summed E-state index contributed by atoms with van der Waals surface area (Å²) in [4.78, 5) is 27.2. The number of H-pyrrole nitrogens is 1. The third-order valence-corrected chi connectivity index (χ3v) is 4.28. The second kappa shape index (κ2) is 5.96.